The minimum Gasteiger partial charge on any atom is -0.493 e. The molecule has 4 rings (SSSR count). The fraction of sp³-hybridized carbons (Fsp3) is 0.280. The van der Waals surface area contributed by atoms with Crippen molar-refractivity contribution in [2.75, 3.05) is 20.3 Å². The quantitative estimate of drug-likeness (QED) is 0.628. The van der Waals surface area contributed by atoms with E-state index in [9.17, 15) is 9.59 Å². The van der Waals surface area contributed by atoms with Crippen LogP contribution in [0.2, 0.25) is 5.02 Å². The minimum absolute atomic E-state index is 0.133. The van der Waals surface area contributed by atoms with Crippen LogP contribution in [0.5, 0.6) is 11.5 Å². The zero-order chi connectivity index (χ0) is 23.0. The molecule has 1 aliphatic carbocycles. The molecule has 166 valence electrons. The van der Waals surface area contributed by atoms with Crippen molar-refractivity contribution in [1.29, 1.82) is 0 Å². The Balaban J connectivity index is 1.95. The Morgan fingerprint density at radius 2 is 1.84 bits per heavy atom. The van der Waals surface area contributed by atoms with E-state index in [4.69, 9.17) is 25.8 Å². The van der Waals surface area contributed by atoms with Crippen LogP contribution >= 0.6 is 11.6 Å². The summed E-state index contributed by atoms with van der Waals surface area (Å²) in [4.78, 5) is 26.5. The van der Waals surface area contributed by atoms with E-state index in [1.54, 1.807) is 25.1 Å². The number of ketones is 1. The molecule has 1 aliphatic heterocycles. The van der Waals surface area contributed by atoms with Crippen molar-refractivity contribution in [1.82, 2.24) is 5.32 Å². The van der Waals surface area contributed by atoms with Crippen molar-refractivity contribution in [3.8, 4) is 11.5 Å². The summed E-state index contributed by atoms with van der Waals surface area (Å²) >= 11 is 6.55. The standard InChI is InChI=1S/C25H24ClNO5/c1-5-31-24-17(26)11-14(12-18(24)30-4)20-19(25(29)32-6-2)13(3)27-22-15-9-7-8-10-16(15)23(28)21(20)22/h7-12,20,27H,5-6H2,1-4H3/t20-/m1/s1. The predicted octanol–water partition coefficient (Wildman–Crippen LogP) is 4.88. The summed E-state index contributed by atoms with van der Waals surface area (Å²) in [6.45, 7) is 6.04. The molecule has 2 aromatic rings. The number of benzene rings is 2. The molecular weight excluding hydrogens is 430 g/mol. The molecule has 0 aromatic heterocycles. The molecule has 1 N–H and O–H groups in total. The van der Waals surface area contributed by atoms with Crippen LogP contribution in [0.25, 0.3) is 5.70 Å². The molecule has 0 radical (unpaired) electrons. The van der Waals surface area contributed by atoms with Crippen molar-refractivity contribution in [2.24, 2.45) is 0 Å². The third-order valence-corrected chi connectivity index (χ3v) is 5.90. The topological polar surface area (TPSA) is 73.9 Å². The largest absolute Gasteiger partial charge is 0.493 e. The lowest BCUT2D eigenvalue weighted by Crippen LogP contribution is -2.29. The molecule has 0 fully saturated rings. The number of rotatable bonds is 6. The highest BCUT2D eigenvalue weighted by molar-refractivity contribution is 6.32. The van der Waals surface area contributed by atoms with Crippen molar-refractivity contribution >= 4 is 29.1 Å². The van der Waals surface area contributed by atoms with Gasteiger partial charge in [-0.15, -0.1) is 0 Å². The molecule has 6 nitrogen and oxygen atoms in total. The summed E-state index contributed by atoms with van der Waals surface area (Å²) in [6, 6.07) is 10.9. The highest BCUT2D eigenvalue weighted by Crippen LogP contribution is 2.49. The first-order chi connectivity index (χ1) is 15.4. The highest BCUT2D eigenvalue weighted by Gasteiger charge is 2.43. The van der Waals surface area contributed by atoms with Crippen LogP contribution in [0.15, 0.2) is 53.2 Å². The number of hydrogen-bond donors (Lipinski definition) is 1. The van der Waals surface area contributed by atoms with E-state index in [1.165, 1.54) is 7.11 Å². The molecule has 32 heavy (non-hydrogen) atoms. The van der Waals surface area contributed by atoms with Crippen molar-refractivity contribution < 1.29 is 23.8 Å². The van der Waals surface area contributed by atoms with Crippen molar-refractivity contribution in [2.45, 2.75) is 26.7 Å². The lowest BCUT2D eigenvalue weighted by atomic mass is 9.79. The van der Waals surface area contributed by atoms with Crippen molar-refractivity contribution in [3.63, 3.8) is 0 Å². The van der Waals surface area contributed by atoms with E-state index < -0.39 is 11.9 Å². The smallest absolute Gasteiger partial charge is 0.336 e. The maximum Gasteiger partial charge on any atom is 0.336 e. The number of methoxy groups -OCH3 is 1. The first-order valence-corrected chi connectivity index (χ1v) is 10.8. The summed E-state index contributed by atoms with van der Waals surface area (Å²) < 4.78 is 16.5. The Labute approximate surface area is 191 Å². The van der Waals surface area contributed by atoms with Crippen molar-refractivity contribution in [3.05, 3.63) is 75.0 Å². The first-order valence-electron chi connectivity index (χ1n) is 10.5. The van der Waals surface area contributed by atoms with Gasteiger partial charge in [-0.2, -0.15) is 0 Å². The summed E-state index contributed by atoms with van der Waals surface area (Å²) in [5.74, 6) is -0.442. The van der Waals surface area contributed by atoms with Gasteiger partial charge in [0.25, 0.3) is 0 Å². The number of carbonyl (C=O) groups excluding carboxylic acids is 2. The molecule has 0 spiro atoms. The van der Waals surface area contributed by atoms with Gasteiger partial charge in [0.15, 0.2) is 17.3 Å². The van der Waals surface area contributed by atoms with Gasteiger partial charge in [-0.3, -0.25) is 4.79 Å². The lowest BCUT2D eigenvalue weighted by molar-refractivity contribution is -0.138. The summed E-state index contributed by atoms with van der Waals surface area (Å²) in [6.07, 6.45) is 0. The molecule has 0 saturated heterocycles. The molecular formula is C25H24ClNO5. The number of dihydropyridines is 1. The Hall–Kier alpha value is -3.25. The summed E-state index contributed by atoms with van der Waals surface area (Å²) in [5.41, 5.74) is 4.23. The number of ether oxygens (including phenoxy) is 3. The zero-order valence-corrected chi connectivity index (χ0v) is 19.1. The normalized spacial score (nSPS) is 17.0. The number of Topliss-reactive ketones (excluding diaryl/α,β-unsaturated/α-hetero) is 1. The number of carbonyl (C=O) groups is 2. The maximum atomic E-state index is 13.5. The van der Waals surface area contributed by atoms with Crippen LogP contribution in [0.3, 0.4) is 0 Å². The fourth-order valence-corrected chi connectivity index (χ4v) is 4.61. The number of nitrogens with one attached hydrogen (secondary N) is 1. The molecule has 0 saturated carbocycles. The maximum absolute atomic E-state index is 13.5. The van der Waals surface area contributed by atoms with Crippen LogP contribution in [0.4, 0.5) is 0 Å². The monoisotopic (exact) mass is 453 g/mol. The molecule has 7 heteroatoms. The SMILES string of the molecule is CCOC(=O)C1=C(C)NC2=C(C(=O)c3ccccc32)[C@@H]1c1cc(Cl)c(OCC)c(OC)c1. The van der Waals surface area contributed by atoms with Crippen LogP contribution in [-0.4, -0.2) is 32.1 Å². The third kappa shape index (κ3) is 3.45. The summed E-state index contributed by atoms with van der Waals surface area (Å²) in [5, 5.41) is 3.62. The minimum atomic E-state index is -0.674. The van der Waals surface area contributed by atoms with E-state index >= 15 is 0 Å². The van der Waals surface area contributed by atoms with Gasteiger partial charge in [0.2, 0.25) is 0 Å². The van der Waals surface area contributed by atoms with E-state index in [0.717, 1.165) is 5.56 Å². The highest BCUT2D eigenvalue weighted by atomic mass is 35.5. The van der Waals surface area contributed by atoms with Crippen LogP contribution in [0.1, 0.15) is 48.2 Å². The van der Waals surface area contributed by atoms with E-state index in [-0.39, 0.29) is 12.4 Å². The van der Waals surface area contributed by atoms with E-state index in [2.05, 4.69) is 5.32 Å². The third-order valence-electron chi connectivity index (χ3n) is 5.62. The van der Waals surface area contributed by atoms with Gasteiger partial charge >= 0.3 is 5.97 Å². The molecule has 0 amide bonds. The van der Waals surface area contributed by atoms with E-state index in [0.29, 0.717) is 56.8 Å². The average Bonchev–Trinajstić information content (AvgIpc) is 3.06. The average molecular weight is 454 g/mol. The van der Waals surface area contributed by atoms with Gasteiger partial charge in [0, 0.05) is 28.3 Å². The van der Waals surface area contributed by atoms with E-state index in [1.807, 2.05) is 32.0 Å². The second kappa shape index (κ2) is 8.71. The van der Waals surface area contributed by atoms with Crippen LogP contribution < -0.4 is 14.8 Å². The predicted molar refractivity (Wildman–Crippen MR) is 122 cm³/mol. The molecule has 1 heterocycles. The number of fused-ring (bicyclic) bond motifs is 2. The van der Waals surface area contributed by atoms with Crippen LogP contribution in [-0.2, 0) is 9.53 Å². The number of esters is 1. The molecule has 1 atom stereocenters. The number of halogens is 1. The second-order valence-electron chi connectivity index (χ2n) is 7.45. The Morgan fingerprint density at radius 1 is 1.12 bits per heavy atom. The van der Waals surface area contributed by atoms with Gasteiger partial charge < -0.3 is 19.5 Å². The number of allylic oxidation sites excluding steroid dienone is 2. The van der Waals surface area contributed by atoms with Gasteiger partial charge in [0.1, 0.15) is 0 Å². The Morgan fingerprint density at radius 3 is 2.50 bits per heavy atom. The van der Waals surface area contributed by atoms with Gasteiger partial charge in [-0.1, -0.05) is 35.9 Å². The van der Waals surface area contributed by atoms with Gasteiger partial charge in [-0.25, -0.2) is 4.79 Å². The second-order valence-corrected chi connectivity index (χ2v) is 7.85. The molecule has 0 unspecified atom stereocenters. The van der Waals surface area contributed by atoms with Gasteiger partial charge in [-0.05, 0) is 38.5 Å². The zero-order valence-electron chi connectivity index (χ0n) is 18.4. The Bertz CT molecular complexity index is 1180. The molecule has 2 aliphatic rings. The fourth-order valence-electron chi connectivity index (χ4n) is 4.33. The molecule has 0 bridgehead atoms. The number of hydrogen-bond acceptors (Lipinski definition) is 6. The summed E-state index contributed by atoms with van der Waals surface area (Å²) in [7, 11) is 1.52. The lowest BCUT2D eigenvalue weighted by Gasteiger charge is -2.29. The van der Waals surface area contributed by atoms with Crippen LogP contribution in [0, 0.1) is 0 Å². The molecule has 2 aromatic carbocycles. The Kier molecular flexibility index (Phi) is 5.98. The first kappa shape index (κ1) is 22.0. The van der Waals surface area contributed by atoms with Gasteiger partial charge in [0.05, 0.1) is 36.6 Å².